The van der Waals surface area contributed by atoms with Gasteiger partial charge in [0.1, 0.15) is 12.1 Å². The van der Waals surface area contributed by atoms with Gasteiger partial charge in [-0.2, -0.15) is 0 Å². The van der Waals surface area contributed by atoms with Crippen molar-refractivity contribution in [3.8, 4) is 10.6 Å². The molecule has 2 aromatic heterocycles. The number of nitrogens with one attached hydrogen (secondary N) is 1. The highest BCUT2D eigenvalue weighted by Crippen LogP contribution is 2.30. The van der Waals surface area contributed by atoms with Gasteiger partial charge in [-0.15, -0.1) is 11.3 Å². The lowest BCUT2D eigenvalue weighted by molar-refractivity contribution is -0.135. The molecular formula is C15H15N3O4S. The van der Waals surface area contributed by atoms with Crippen molar-refractivity contribution in [3.63, 3.8) is 0 Å². The molecule has 3 amide bonds. The number of aromatic nitrogens is 1. The minimum absolute atomic E-state index is 0.0403. The van der Waals surface area contributed by atoms with E-state index in [0.29, 0.717) is 37.7 Å². The topological polar surface area (TPSA) is 84.7 Å². The van der Waals surface area contributed by atoms with E-state index in [1.165, 1.54) is 4.90 Å². The number of amides is 3. The first-order chi connectivity index (χ1) is 11.2. The van der Waals surface area contributed by atoms with Crippen LogP contribution < -0.4 is 5.32 Å². The number of hydrogen-bond donors (Lipinski definition) is 1. The van der Waals surface area contributed by atoms with Crippen LogP contribution in [-0.4, -0.2) is 40.6 Å². The monoisotopic (exact) mass is 333 g/mol. The number of ether oxygens (including phenoxy) is 1. The van der Waals surface area contributed by atoms with E-state index in [1.54, 1.807) is 17.5 Å². The number of urea groups is 1. The summed E-state index contributed by atoms with van der Waals surface area (Å²) in [7, 11) is 0. The van der Waals surface area contributed by atoms with Crippen LogP contribution in [0.2, 0.25) is 0 Å². The van der Waals surface area contributed by atoms with Gasteiger partial charge in [0.15, 0.2) is 5.76 Å². The van der Waals surface area contributed by atoms with Gasteiger partial charge in [-0.25, -0.2) is 9.78 Å². The maximum absolute atomic E-state index is 12.7. The van der Waals surface area contributed by atoms with Gasteiger partial charge < -0.3 is 14.5 Å². The number of imide groups is 1. The molecule has 7 nitrogen and oxygen atoms in total. The maximum atomic E-state index is 12.7. The SMILES string of the molecule is O=C1NC2(CCOCC2)C(=O)N1Cc1ncc(-c2cccs2)o1. The predicted octanol–water partition coefficient (Wildman–Crippen LogP) is 2.00. The van der Waals surface area contributed by atoms with E-state index in [0.717, 1.165) is 4.88 Å². The van der Waals surface area contributed by atoms with Gasteiger partial charge in [-0.1, -0.05) is 6.07 Å². The van der Waals surface area contributed by atoms with Crippen molar-refractivity contribution in [3.05, 3.63) is 29.6 Å². The van der Waals surface area contributed by atoms with E-state index in [9.17, 15) is 9.59 Å². The lowest BCUT2D eigenvalue weighted by Gasteiger charge is -2.30. The fourth-order valence-electron chi connectivity index (χ4n) is 2.93. The van der Waals surface area contributed by atoms with E-state index in [4.69, 9.17) is 9.15 Å². The molecule has 0 radical (unpaired) electrons. The van der Waals surface area contributed by atoms with Gasteiger partial charge in [-0.3, -0.25) is 9.69 Å². The Bertz CT molecular complexity index is 734. The minimum atomic E-state index is -0.821. The molecule has 8 heteroatoms. The number of oxazole rings is 1. The number of carbonyl (C=O) groups excluding carboxylic acids is 2. The van der Waals surface area contributed by atoms with Crippen LogP contribution in [0.5, 0.6) is 0 Å². The number of thiophene rings is 1. The zero-order chi connectivity index (χ0) is 15.9. The molecule has 2 aliphatic rings. The average Bonchev–Trinajstić information content (AvgIpc) is 3.27. The molecule has 2 saturated heterocycles. The Morgan fingerprint density at radius 2 is 2.17 bits per heavy atom. The third-order valence-corrected chi connectivity index (χ3v) is 5.09. The van der Waals surface area contributed by atoms with Crippen LogP contribution >= 0.6 is 11.3 Å². The van der Waals surface area contributed by atoms with Crippen molar-refractivity contribution in [1.82, 2.24) is 15.2 Å². The van der Waals surface area contributed by atoms with Crippen LogP contribution in [0.1, 0.15) is 18.7 Å². The van der Waals surface area contributed by atoms with Crippen LogP contribution in [0.4, 0.5) is 4.79 Å². The van der Waals surface area contributed by atoms with Gasteiger partial charge >= 0.3 is 6.03 Å². The normalized spacial score (nSPS) is 20.3. The molecule has 1 N–H and O–H groups in total. The Morgan fingerprint density at radius 3 is 2.91 bits per heavy atom. The van der Waals surface area contributed by atoms with Crippen LogP contribution in [0.15, 0.2) is 28.1 Å². The molecule has 0 bridgehead atoms. The fraction of sp³-hybridized carbons (Fsp3) is 0.400. The highest BCUT2D eigenvalue weighted by atomic mass is 32.1. The summed E-state index contributed by atoms with van der Waals surface area (Å²) in [5.74, 6) is 0.769. The van der Waals surface area contributed by atoms with Crippen LogP contribution in [0.25, 0.3) is 10.6 Å². The number of rotatable bonds is 3. The summed E-state index contributed by atoms with van der Waals surface area (Å²) in [6, 6.07) is 3.46. The number of nitrogens with zero attached hydrogens (tertiary/aromatic N) is 2. The lowest BCUT2D eigenvalue weighted by atomic mass is 9.90. The smallest absolute Gasteiger partial charge is 0.325 e. The molecule has 0 saturated carbocycles. The quantitative estimate of drug-likeness (QED) is 0.869. The summed E-state index contributed by atoms with van der Waals surface area (Å²) in [5.41, 5.74) is -0.821. The number of hydrogen-bond acceptors (Lipinski definition) is 6. The van der Waals surface area contributed by atoms with Gasteiger partial charge in [0.25, 0.3) is 5.91 Å². The Balaban J connectivity index is 1.52. The molecule has 23 heavy (non-hydrogen) atoms. The molecule has 0 atom stereocenters. The molecule has 1 spiro atoms. The number of carbonyl (C=O) groups is 2. The first-order valence-corrected chi connectivity index (χ1v) is 8.26. The van der Waals surface area contributed by atoms with Gasteiger partial charge in [0, 0.05) is 26.1 Å². The summed E-state index contributed by atoms with van der Waals surface area (Å²) in [4.78, 5) is 31.2. The molecule has 0 aromatic carbocycles. The molecule has 0 unspecified atom stereocenters. The Labute approximate surface area is 136 Å². The lowest BCUT2D eigenvalue weighted by Crippen LogP contribution is -2.51. The van der Waals surface area contributed by atoms with Crippen molar-refractivity contribution in [1.29, 1.82) is 0 Å². The van der Waals surface area contributed by atoms with Crippen molar-refractivity contribution < 1.29 is 18.7 Å². The van der Waals surface area contributed by atoms with E-state index in [-0.39, 0.29) is 12.5 Å². The molecule has 4 rings (SSSR count). The van der Waals surface area contributed by atoms with E-state index in [2.05, 4.69) is 10.3 Å². The molecule has 2 aromatic rings. The largest absolute Gasteiger partial charge is 0.438 e. The summed E-state index contributed by atoms with van der Waals surface area (Å²) < 4.78 is 10.9. The van der Waals surface area contributed by atoms with Crippen LogP contribution in [0.3, 0.4) is 0 Å². The van der Waals surface area contributed by atoms with Crippen molar-refractivity contribution >= 4 is 23.3 Å². The summed E-state index contributed by atoms with van der Waals surface area (Å²) in [6.45, 7) is 0.988. The molecule has 2 aliphatic heterocycles. The zero-order valence-electron chi connectivity index (χ0n) is 12.3. The van der Waals surface area contributed by atoms with Crippen molar-refractivity contribution in [2.24, 2.45) is 0 Å². The predicted molar refractivity (Wildman–Crippen MR) is 81.7 cm³/mol. The van der Waals surface area contributed by atoms with Gasteiger partial charge in [0.05, 0.1) is 11.1 Å². The zero-order valence-corrected chi connectivity index (χ0v) is 13.1. The summed E-state index contributed by atoms with van der Waals surface area (Å²) >= 11 is 1.54. The molecular weight excluding hydrogens is 318 g/mol. The van der Waals surface area contributed by atoms with Gasteiger partial charge in [0.2, 0.25) is 5.89 Å². The van der Waals surface area contributed by atoms with E-state index >= 15 is 0 Å². The molecule has 0 aliphatic carbocycles. The van der Waals surface area contributed by atoms with Crippen molar-refractivity contribution in [2.45, 2.75) is 24.9 Å². The fourth-order valence-corrected chi connectivity index (χ4v) is 3.60. The molecule has 4 heterocycles. The molecule has 120 valence electrons. The van der Waals surface area contributed by atoms with Crippen LogP contribution in [-0.2, 0) is 16.1 Å². The second-order valence-corrected chi connectivity index (χ2v) is 6.56. The third kappa shape index (κ3) is 2.43. The summed E-state index contributed by atoms with van der Waals surface area (Å²) in [6.07, 6.45) is 2.62. The van der Waals surface area contributed by atoms with Crippen LogP contribution in [0, 0.1) is 0 Å². The van der Waals surface area contributed by atoms with E-state index < -0.39 is 11.6 Å². The average molecular weight is 333 g/mol. The molecule has 2 fully saturated rings. The highest BCUT2D eigenvalue weighted by Gasteiger charge is 2.51. The Hall–Kier alpha value is -2.19. The van der Waals surface area contributed by atoms with E-state index in [1.807, 2.05) is 17.5 Å². The Kier molecular flexibility index (Phi) is 3.42. The Morgan fingerprint density at radius 1 is 1.35 bits per heavy atom. The highest BCUT2D eigenvalue weighted by molar-refractivity contribution is 7.13. The minimum Gasteiger partial charge on any atom is -0.438 e. The standard InChI is InChI=1S/C15H15N3O4S/c19-13-15(3-5-21-6-4-15)17-14(20)18(13)9-12-16-8-10(22-12)11-2-1-7-23-11/h1-2,7-8H,3-6,9H2,(H,17,20). The second-order valence-electron chi connectivity index (χ2n) is 5.61. The summed E-state index contributed by atoms with van der Waals surface area (Å²) in [5, 5.41) is 4.76. The maximum Gasteiger partial charge on any atom is 0.325 e. The van der Waals surface area contributed by atoms with Crippen molar-refractivity contribution in [2.75, 3.05) is 13.2 Å². The van der Waals surface area contributed by atoms with Gasteiger partial charge in [-0.05, 0) is 11.4 Å². The first kappa shape index (κ1) is 14.4. The third-order valence-electron chi connectivity index (χ3n) is 4.20. The second kappa shape index (κ2) is 5.47. The first-order valence-electron chi connectivity index (χ1n) is 7.38.